The van der Waals surface area contributed by atoms with E-state index in [1.165, 1.54) is 6.92 Å². The number of hydrogen-bond donors (Lipinski definition) is 2. The van der Waals surface area contributed by atoms with Crippen LogP contribution in [0.2, 0.25) is 0 Å². The Morgan fingerprint density at radius 1 is 0.917 bits per heavy atom. The van der Waals surface area contributed by atoms with E-state index in [1.54, 1.807) is 24.3 Å². The summed E-state index contributed by atoms with van der Waals surface area (Å²) in [6, 6.07) is 20.9. The second-order valence-electron chi connectivity index (χ2n) is 5.57. The Morgan fingerprint density at radius 3 is 2.50 bits per heavy atom. The average Bonchev–Trinajstić information content (AvgIpc) is 2.60. The van der Waals surface area contributed by atoms with Crippen molar-refractivity contribution in [3.05, 3.63) is 72.3 Å². The van der Waals surface area contributed by atoms with Gasteiger partial charge in [0.2, 0.25) is 5.91 Å². The van der Waals surface area contributed by atoms with Gasteiger partial charge in [0.25, 0.3) is 0 Å². The fraction of sp³-hybridized carbons (Fsp3) is 0.100. The molecule has 3 aromatic rings. The van der Waals surface area contributed by atoms with Crippen LogP contribution in [0.4, 0.5) is 11.4 Å². The summed E-state index contributed by atoms with van der Waals surface area (Å²) in [7, 11) is 0. The summed E-state index contributed by atoms with van der Waals surface area (Å²) >= 11 is 0. The molecule has 3 aromatic carbocycles. The maximum atomic E-state index is 12.1. The number of benzene rings is 3. The monoisotopic (exact) mass is 318 g/mol. The highest BCUT2D eigenvalue weighted by atomic mass is 16.2. The number of hydrogen-bond acceptors (Lipinski definition) is 3. The maximum absolute atomic E-state index is 12.1. The molecule has 2 N–H and O–H groups in total. The number of nitrogens with one attached hydrogen (secondary N) is 2. The Bertz CT molecular complexity index is 898. The van der Waals surface area contributed by atoms with E-state index in [0.29, 0.717) is 11.3 Å². The van der Waals surface area contributed by atoms with E-state index >= 15 is 0 Å². The molecule has 0 saturated carbocycles. The zero-order chi connectivity index (χ0) is 16.9. The number of fused-ring (bicyclic) bond motifs is 1. The molecule has 1 amide bonds. The van der Waals surface area contributed by atoms with Crippen molar-refractivity contribution in [3.63, 3.8) is 0 Å². The third kappa shape index (κ3) is 3.60. The molecular formula is C20H18N2O2. The van der Waals surface area contributed by atoms with Gasteiger partial charge in [-0.3, -0.25) is 9.59 Å². The van der Waals surface area contributed by atoms with Crippen LogP contribution in [0.1, 0.15) is 17.3 Å². The summed E-state index contributed by atoms with van der Waals surface area (Å²) in [5, 5.41) is 8.17. The molecule has 0 aromatic heterocycles. The van der Waals surface area contributed by atoms with Crippen LogP contribution in [0, 0.1) is 0 Å². The van der Waals surface area contributed by atoms with Gasteiger partial charge in [-0.05, 0) is 30.5 Å². The Labute approximate surface area is 140 Å². The van der Waals surface area contributed by atoms with Crippen molar-refractivity contribution in [2.45, 2.75) is 6.92 Å². The smallest absolute Gasteiger partial charge is 0.243 e. The molecule has 120 valence electrons. The predicted molar refractivity (Wildman–Crippen MR) is 97.5 cm³/mol. The van der Waals surface area contributed by atoms with Crippen LogP contribution in [0.15, 0.2) is 66.7 Å². The molecule has 0 atom stereocenters. The van der Waals surface area contributed by atoms with Gasteiger partial charge in [-0.25, -0.2) is 0 Å². The van der Waals surface area contributed by atoms with Crippen molar-refractivity contribution in [1.82, 2.24) is 0 Å². The molecule has 4 nitrogen and oxygen atoms in total. The summed E-state index contributed by atoms with van der Waals surface area (Å²) in [6.45, 7) is 1.65. The van der Waals surface area contributed by atoms with Crippen LogP contribution in [0.25, 0.3) is 10.8 Å². The molecule has 0 fully saturated rings. The normalized spacial score (nSPS) is 10.4. The first kappa shape index (κ1) is 15.7. The fourth-order valence-electron chi connectivity index (χ4n) is 2.58. The van der Waals surface area contributed by atoms with Crippen molar-refractivity contribution in [2.24, 2.45) is 0 Å². The van der Waals surface area contributed by atoms with Crippen molar-refractivity contribution in [3.8, 4) is 0 Å². The van der Waals surface area contributed by atoms with E-state index < -0.39 is 0 Å². The van der Waals surface area contributed by atoms with Crippen LogP contribution < -0.4 is 10.6 Å². The van der Waals surface area contributed by atoms with E-state index in [2.05, 4.69) is 10.6 Å². The largest absolute Gasteiger partial charge is 0.376 e. The lowest BCUT2D eigenvalue weighted by Crippen LogP contribution is -2.21. The average molecular weight is 318 g/mol. The van der Waals surface area contributed by atoms with E-state index in [9.17, 15) is 9.59 Å². The molecule has 0 aliphatic carbocycles. The predicted octanol–water partition coefficient (Wildman–Crippen LogP) is 4.09. The zero-order valence-corrected chi connectivity index (χ0v) is 13.4. The van der Waals surface area contributed by atoms with Gasteiger partial charge >= 0.3 is 0 Å². The maximum Gasteiger partial charge on any atom is 0.243 e. The number of rotatable bonds is 5. The summed E-state index contributed by atoms with van der Waals surface area (Å²) in [5.41, 5.74) is 2.11. The highest BCUT2D eigenvalue weighted by Crippen LogP contribution is 2.22. The molecule has 0 aliphatic heterocycles. The number of amides is 1. The van der Waals surface area contributed by atoms with E-state index in [1.807, 2.05) is 42.5 Å². The second kappa shape index (κ2) is 6.96. The van der Waals surface area contributed by atoms with Gasteiger partial charge in [0, 0.05) is 22.3 Å². The van der Waals surface area contributed by atoms with E-state index in [0.717, 1.165) is 16.5 Å². The van der Waals surface area contributed by atoms with Crippen molar-refractivity contribution >= 4 is 33.8 Å². The molecule has 0 spiro atoms. The first-order valence-electron chi connectivity index (χ1n) is 7.76. The lowest BCUT2D eigenvalue weighted by molar-refractivity contribution is -0.114. The third-order valence-corrected chi connectivity index (χ3v) is 3.78. The van der Waals surface area contributed by atoms with Gasteiger partial charge in [-0.1, -0.05) is 48.5 Å². The van der Waals surface area contributed by atoms with Gasteiger partial charge in [-0.2, -0.15) is 0 Å². The molecule has 4 heteroatoms. The third-order valence-electron chi connectivity index (χ3n) is 3.78. The topological polar surface area (TPSA) is 58.2 Å². The summed E-state index contributed by atoms with van der Waals surface area (Å²) in [4.78, 5) is 23.5. The summed E-state index contributed by atoms with van der Waals surface area (Å²) in [5.74, 6) is -0.191. The summed E-state index contributed by atoms with van der Waals surface area (Å²) in [6.07, 6.45) is 0. The van der Waals surface area contributed by atoms with Crippen LogP contribution in [0.3, 0.4) is 0 Å². The van der Waals surface area contributed by atoms with Crippen LogP contribution >= 0.6 is 0 Å². The second-order valence-corrected chi connectivity index (χ2v) is 5.57. The zero-order valence-electron chi connectivity index (χ0n) is 13.4. The highest BCUT2D eigenvalue weighted by molar-refractivity contribution is 5.99. The fourth-order valence-corrected chi connectivity index (χ4v) is 2.58. The Morgan fingerprint density at radius 2 is 1.67 bits per heavy atom. The van der Waals surface area contributed by atoms with Crippen LogP contribution in [-0.2, 0) is 4.79 Å². The summed E-state index contributed by atoms with van der Waals surface area (Å²) < 4.78 is 0. The number of anilines is 2. The van der Waals surface area contributed by atoms with Gasteiger partial charge in [0.1, 0.15) is 0 Å². The molecule has 0 bridgehead atoms. The lowest BCUT2D eigenvalue weighted by atomic mass is 10.1. The van der Waals surface area contributed by atoms with Gasteiger partial charge in [-0.15, -0.1) is 0 Å². The lowest BCUT2D eigenvalue weighted by Gasteiger charge is -2.10. The van der Waals surface area contributed by atoms with Gasteiger partial charge in [0.05, 0.1) is 6.54 Å². The van der Waals surface area contributed by atoms with Crippen molar-refractivity contribution < 1.29 is 9.59 Å². The van der Waals surface area contributed by atoms with Gasteiger partial charge < -0.3 is 10.6 Å². The first-order chi connectivity index (χ1) is 11.6. The number of ketones is 1. The SMILES string of the molecule is CC(=O)c1cccc(NC(=O)CNc2cccc3ccccc23)c1. The standard InChI is InChI=1S/C20H18N2O2/c1-14(23)16-8-4-9-17(12-16)22-20(24)13-21-19-11-5-7-15-6-2-3-10-18(15)19/h2-12,21H,13H2,1H3,(H,22,24). The molecule has 0 aliphatic rings. The van der Waals surface area contributed by atoms with Crippen LogP contribution in [0.5, 0.6) is 0 Å². The molecule has 0 heterocycles. The molecule has 24 heavy (non-hydrogen) atoms. The van der Waals surface area contributed by atoms with Crippen molar-refractivity contribution in [2.75, 3.05) is 17.2 Å². The van der Waals surface area contributed by atoms with E-state index in [-0.39, 0.29) is 18.2 Å². The molecule has 3 rings (SSSR count). The minimum Gasteiger partial charge on any atom is -0.376 e. The minimum absolute atomic E-state index is 0.0278. The van der Waals surface area contributed by atoms with Gasteiger partial charge in [0.15, 0.2) is 5.78 Å². The number of carbonyl (C=O) groups excluding carboxylic acids is 2. The molecule has 0 radical (unpaired) electrons. The Hall–Kier alpha value is -3.14. The minimum atomic E-state index is -0.163. The Balaban J connectivity index is 1.67. The van der Waals surface area contributed by atoms with Crippen molar-refractivity contribution in [1.29, 1.82) is 0 Å². The Kier molecular flexibility index (Phi) is 4.57. The molecule has 0 unspecified atom stereocenters. The van der Waals surface area contributed by atoms with Crippen LogP contribution in [-0.4, -0.2) is 18.2 Å². The number of Topliss-reactive ketones (excluding diaryl/α,β-unsaturated/α-hetero) is 1. The number of carbonyl (C=O) groups is 2. The van der Waals surface area contributed by atoms with E-state index in [4.69, 9.17) is 0 Å². The first-order valence-corrected chi connectivity index (χ1v) is 7.76. The highest BCUT2D eigenvalue weighted by Gasteiger charge is 2.06. The molecular weight excluding hydrogens is 300 g/mol. The molecule has 0 saturated heterocycles. The quantitative estimate of drug-likeness (QED) is 0.697.